The van der Waals surface area contributed by atoms with Crippen molar-refractivity contribution in [3.63, 3.8) is 0 Å². The molecule has 0 fully saturated rings. The highest BCUT2D eigenvalue weighted by atomic mass is 16.8. The highest BCUT2D eigenvalue weighted by Crippen LogP contribution is 2.31. The molecule has 0 spiro atoms. The molecule has 0 atom stereocenters. The molecular formula is C10H16N4O. The Balaban J connectivity index is 0.000000531. The summed E-state index contributed by atoms with van der Waals surface area (Å²) in [5, 5.41) is 7.47. The van der Waals surface area contributed by atoms with E-state index < -0.39 is 0 Å². The highest BCUT2D eigenvalue weighted by molar-refractivity contribution is 6.03. The fourth-order valence-corrected chi connectivity index (χ4v) is 1.25. The van der Waals surface area contributed by atoms with Gasteiger partial charge in [-0.15, -0.1) is 0 Å². The van der Waals surface area contributed by atoms with E-state index in [1.54, 1.807) is 19.1 Å². The molecule has 1 aromatic carbocycles. The van der Waals surface area contributed by atoms with E-state index in [1.165, 1.54) is 0 Å². The van der Waals surface area contributed by atoms with Crippen molar-refractivity contribution < 1.29 is 4.94 Å². The Morgan fingerprint density at radius 1 is 1.27 bits per heavy atom. The number of nitrogens with one attached hydrogen (secondary N) is 3. The van der Waals surface area contributed by atoms with Gasteiger partial charge in [0.2, 0.25) is 0 Å². The van der Waals surface area contributed by atoms with Crippen LogP contribution in [0.25, 0.3) is 0 Å². The second-order valence-corrected chi connectivity index (χ2v) is 2.92. The smallest absolute Gasteiger partial charge is 0.0905 e. The number of rotatable bonds is 1. The number of nitrogens with two attached hydrogens (primary N) is 1. The first-order valence-electron chi connectivity index (χ1n) is 4.85. The van der Waals surface area contributed by atoms with Crippen LogP contribution in [0.2, 0.25) is 0 Å². The Morgan fingerprint density at radius 3 is 2.33 bits per heavy atom. The summed E-state index contributed by atoms with van der Waals surface area (Å²) in [5.74, 6) is 0. The normalized spacial score (nSPS) is 11.7. The molecule has 5 heteroatoms. The summed E-state index contributed by atoms with van der Waals surface area (Å²) in [5.41, 5.74) is 14.4. The van der Waals surface area contributed by atoms with E-state index in [0.717, 1.165) is 16.9 Å². The summed E-state index contributed by atoms with van der Waals surface area (Å²) in [7, 11) is 0. The largest absolute Gasteiger partial charge is 0.398 e. The SMILES string of the molecule is CC.CC(=N)c1cc2c(cc1N)NON2. The van der Waals surface area contributed by atoms with Crippen LogP contribution in [0.4, 0.5) is 17.1 Å². The first kappa shape index (κ1) is 11.3. The van der Waals surface area contributed by atoms with Crippen molar-refractivity contribution in [2.45, 2.75) is 20.8 Å². The van der Waals surface area contributed by atoms with Crippen LogP contribution in [0.1, 0.15) is 26.3 Å². The summed E-state index contributed by atoms with van der Waals surface area (Å²) in [6.07, 6.45) is 0. The van der Waals surface area contributed by atoms with Crippen molar-refractivity contribution >= 4 is 22.8 Å². The predicted molar refractivity (Wildman–Crippen MR) is 63.0 cm³/mol. The molecule has 1 heterocycles. The number of hydrogen-bond acceptors (Lipinski definition) is 5. The van der Waals surface area contributed by atoms with Gasteiger partial charge < -0.3 is 11.1 Å². The fourth-order valence-electron chi connectivity index (χ4n) is 1.25. The van der Waals surface area contributed by atoms with Crippen LogP contribution in [-0.2, 0) is 4.94 Å². The third-order valence-corrected chi connectivity index (χ3v) is 1.92. The van der Waals surface area contributed by atoms with Gasteiger partial charge in [0.1, 0.15) is 0 Å². The molecule has 0 saturated carbocycles. The first-order valence-corrected chi connectivity index (χ1v) is 4.85. The second kappa shape index (κ2) is 4.65. The monoisotopic (exact) mass is 208 g/mol. The van der Waals surface area contributed by atoms with Gasteiger partial charge in [-0.05, 0) is 19.1 Å². The second-order valence-electron chi connectivity index (χ2n) is 2.92. The van der Waals surface area contributed by atoms with Gasteiger partial charge in [-0.3, -0.25) is 0 Å². The van der Waals surface area contributed by atoms with Crippen molar-refractivity contribution in [1.82, 2.24) is 0 Å². The van der Waals surface area contributed by atoms with Crippen LogP contribution >= 0.6 is 0 Å². The van der Waals surface area contributed by atoms with Crippen LogP contribution < -0.4 is 16.7 Å². The van der Waals surface area contributed by atoms with Crippen molar-refractivity contribution in [3.8, 4) is 0 Å². The molecule has 0 bridgehead atoms. The van der Waals surface area contributed by atoms with Crippen molar-refractivity contribution in [3.05, 3.63) is 17.7 Å². The number of nitrogen functional groups attached to an aromatic ring is 1. The van der Waals surface area contributed by atoms with E-state index in [1.807, 2.05) is 13.8 Å². The van der Waals surface area contributed by atoms with E-state index in [4.69, 9.17) is 16.1 Å². The van der Waals surface area contributed by atoms with Crippen LogP contribution in [-0.4, -0.2) is 5.71 Å². The van der Waals surface area contributed by atoms with E-state index in [-0.39, 0.29) is 0 Å². The van der Waals surface area contributed by atoms with E-state index in [2.05, 4.69) is 11.0 Å². The van der Waals surface area contributed by atoms with Crippen molar-refractivity contribution in [2.75, 3.05) is 16.7 Å². The summed E-state index contributed by atoms with van der Waals surface area (Å²) in [6, 6.07) is 3.52. The molecule has 15 heavy (non-hydrogen) atoms. The zero-order chi connectivity index (χ0) is 11.4. The lowest BCUT2D eigenvalue weighted by Crippen LogP contribution is -1.99. The summed E-state index contributed by atoms with van der Waals surface area (Å²) < 4.78 is 0. The molecule has 0 aromatic heterocycles. The molecule has 0 radical (unpaired) electrons. The number of benzene rings is 1. The highest BCUT2D eigenvalue weighted by Gasteiger charge is 2.13. The molecule has 0 unspecified atom stereocenters. The predicted octanol–water partition coefficient (Wildman–Crippen LogP) is 2.37. The number of anilines is 3. The van der Waals surface area contributed by atoms with Crippen molar-refractivity contribution in [2.24, 2.45) is 0 Å². The summed E-state index contributed by atoms with van der Waals surface area (Å²) in [6.45, 7) is 5.70. The molecule has 2 rings (SSSR count). The van der Waals surface area contributed by atoms with Crippen LogP contribution in [0.5, 0.6) is 0 Å². The Labute approximate surface area is 89.0 Å². The molecule has 1 aliphatic rings. The molecule has 1 aliphatic heterocycles. The minimum Gasteiger partial charge on any atom is -0.398 e. The zero-order valence-corrected chi connectivity index (χ0v) is 9.14. The maximum Gasteiger partial charge on any atom is 0.0905 e. The maximum absolute atomic E-state index is 7.47. The number of hydrogen-bond donors (Lipinski definition) is 4. The lowest BCUT2D eigenvalue weighted by Gasteiger charge is -2.05. The molecule has 1 aromatic rings. The molecular weight excluding hydrogens is 192 g/mol. The molecule has 0 saturated heterocycles. The zero-order valence-electron chi connectivity index (χ0n) is 9.14. The molecule has 5 nitrogen and oxygen atoms in total. The van der Waals surface area contributed by atoms with Gasteiger partial charge >= 0.3 is 0 Å². The Kier molecular flexibility index (Phi) is 3.51. The van der Waals surface area contributed by atoms with Gasteiger partial charge in [0.25, 0.3) is 0 Å². The minimum absolute atomic E-state index is 0.439. The van der Waals surface area contributed by atoms with Crippen LogP contribution in [0.3, 0.4) is 0 Å². The Morgan fingerprint density at radius 2 is 1.80 bits per heavy atom. The Hall–Kier alpha value is -1.75. The number of fused-ring (bicyclic) bond motifs is 1. The third kappa shape index (κ3) is 2.19. The average Bonchev–Trinajstić information content (AvgIpc) is 2.66. The maximum atomic E-state index is 7.47. The van der Waals surface area contributed by atoms with Gasteiger partial charge in [-0.2, -0.15) is 4.94 Å². The quantitative estimate of drug-likeness (QED) is 0.422. The van der Waals surface area contributed by atoms with Crippen molar-refractivity contribution in [1.29, 1.82) is 5.41 Å². The minimum atomic E-state index is 0.439. The molecule has 5 N–H and O–H groups in total. The molecule has 0 aliphatic carbocycles. The van der Waals surface area contributed by atoms with E-state index >= 15 is 0 Å². The lowest BCUT2D eigenvalue weighted by atomic mass is 10.1. The molecule has 0 amide bonds. The summed E-state index contributed by atoms with van der Waals surface area (Å²) >= 11 is 0. The average molecular weight is 208 g/mol. The fraction of sp³-hybridized carbons (Fsp3) is 0.300. The van der Waals surface area contributed by atoms with Gasteiger partial charge in [-0.1, -0.05) is 13.8 Å². The van der Waals surface area contributed by atoms with Gasteiger partial charge in [0, 0.05) is 17.0 Å². The van der Waals surface area contributed by atoms with E-state index in [9.17, 15) is 0 Å². The third-order valence-electron chi connectivity index (χ3n) is 1.92. The van der Waals surface area contributed by atoms with Gasteiger partial charge in [0.05, 0.1) is 11.4 Å². The first-order chi connectivity index (χ1) is 7.18. The molecule has 82 valence electrons. The van der Waals surface area contributed by atoms with Gasteiger partial charge in [-0.25, -0.2) is 11.0 Å². The van der Waals surface area contributed by atoms with Crippen LogP contribution in [0, 0.1) is 5.41 Å². The Bertz CT molecular complexity index is 376. The van der Waals surface area contributed by atoms with Gasteiger partial charge in [0.15, 0.2) is 0 Å². The van der Waals surface area contributed by atoms with Crippen LogP contribution in [0.15, 0.2) is 12.1 Å². The lowest BCUT2D eigenvalue weighted by molar-refractivity contribution is 0.282. The standard InChI is InChI=1S/C8H10N4O.C2H6/c1-4(9)5-2-7-8(3-6(5)10)12-13-11-7;1-2/h2-3,9,11-12H,10H2,1H3;1-2H3. The van der Waals surface area contributed by atoms with E-state index in [0.29, 0.717) is 11.4 Å². The summed E-state index contributed by atoms with van der Waals surface area (Å²) in [4.78, 5) is 4.78. The topological polar surface area (TPSA) is 83.2 Å².